The lowest BCUT2D eigenvalue weighted by Gasteiger charge is -2.41. The van der Waals surface area contributed by atoms with E-state index in [0.29, 0.717) is 5.69 Å². The molecule has 0 bridgehead atoms. The average Bonchev–Trinajstić information content (AvgIpc) is 2.89. The summed E-state index contributed by atoms with van der Waals surface area (Å²) in [7, 11) is 0. The fourth-order valence-electron chi connectivity index (χ4n) is 4.78. The Morgan fingerprint density at radius 1 is 1.08 bits per heavy atom. The van der Waals surface area contributed by atoms with Crippen molar-refractivity contribution >= 4 is 23.7 Å². The molecule has 2 aliphatic heterocycles. The Bertz CT molecular complexity index is 1260. The van der Waals surface area contributed by atoms with Crippen LogP contribution >= 0.6 is 0 Å². The molecule has 13 heteroatoms. The Kier molecular flexibility index (Phi) is 8.33. The van der Waals surface area contributed by atoms with E-state index >= 15 is 0 Å². The number of urea groups is 1. The summed E-state index contributed by atoms with van der Waals surface area (Å²) in [5.74, 6) is -1.71. The van der Waals surface area contributed by atoms with Crippen LogP contribution in [-0.2, 0) is 16.1 Å². The van der Waals surface area contributed by atoms with Crippen LogP contribution in [0.15, 0.2) is 41.3 Å². The van der Waals surface area contributed by atoms with E-state index in [2.05, 4.69) is 15.2 Å². The minimum Gasteiger partial charge on any atom is -0.480 e. The predicted octanol–water partition coefficient (Wildman–Crippen LogP) is 0.0222. The standard InChI is InChI=1S/C26H36N8O5/c1-26(2,28)23(37)34-14-13-32(16-20(34)22(35)36)24(38)29-21-9-12-33(25(39)30-21)19-5-3-17(4-6-19)15-31-10-7-18(27)8-11-31/h3-6,9,12,18,20H,7-8,10-11,13-16,27-28H2,1-2H3,(H,35,36)(H,29,30,38,39). The molecule has 1 atom stereocenters. The van der Waals surface area contributed by atoms with Crippen LogP contribution in [-0.4, -0.2) is 97.6 Å². The number of hydrogen-bond donors (Lipinski definition) is 4. The molecule has 3 amide bonds. The quantitative estimate of drug-likeness (QED) is 0.393. The summed E-state index contributed by atoms with van der Waals surface area (Å²) < 4.78 is 1.37. The van der Waals surface area contributed by atoms with Crippen LogP contribution in [0.4, 0.5) is 10.6 Å². The molecule has 3 heterocycles. The van der Waals surface area contributed by atoms with E-state index < -0.39 is 35.2 Å². The highest BCUT2D eigenvalue weighted by molar-refractivity contribution is 5.92. The lowest BCUT2D eigenvalue weighted by Crippen LogP contribution is -2.64. The van der Waals surface area contributed by atoms with Crippen LogP contribution in [0.3, 0.4) is 0 Å². The lowest BCUT2D eigenvalue weighted by molar-refractivity contribution is -0.154. The third-order valence-electron chi connectivity index (χ3n) is 7.06. The fourth-order valence-corrected chi connectivity index (χ4v) is 4.78. The normalized spacial score (nSPS) is 19.1. The zero-order valence-corrected chi connectivity index (χ0v) is 22.2. The third-order valence-corrected chi connectivity index (χ3v) is 7.06. The van der Waals surface area contributed by atoms with Crippen LogP contribution in [0.25, 0.3) is 5.69 Å². The number of likely N-dealkylation sites (tertiary alicyclic amines) is 1. The summed E-state index contributed by atoms with van der Waals surface area (Å²) in [4.78, 5) is 58.7. The molecule has 13 nitrogen and oxygen atoms in total. The van der Waals surface area contributed by atoms with E-state index in [4.69, 9.17) is 11.5 Å². The Labute approximate surface area is 226 Å². The maximum absolute atomic E-state index is 12.8. The topological polar surface area (TPSA) is 180 Å². The fraction of sp³-hybridized carbons (Fsp3) is 0.500. The van der Waals surface area contributed by atoms with Crippen molar-refractivity contribution < 1.29 is 19.5 Å². The smallest absolute Gasteiger partial charge is 0.354 e. The number of aromatic nitrogens is 2. The van der Waals surface area contributed by atoms with Gasteiger partial charge in [-0.15, -0.1) is 0 Å². The molecule has 4 rings (SSSR count). The molecule has 2 aliphatic rings. The number of amides is 3. The second-order valence-electron chi connectivity index (χ2n) is 10.7. The molecule has 0 saturated carbocycles. The van der Waals surface area contributed by atoms with Crippen molar-refractivity contribution in [1.29, 1.82) is 0 Å². The highest BCUT2D eigenvalue weighted by Gasteiger charge is 2.40. The van der Waals surface area contributed by atoms with E-state index in [1.807, 2.05) is 24.3 Å². The molecule has 2 aromatic rings. The highest BCUT2D eigenvalue weighted by Crippen LogP contribution is 2.17. The summed E-state index contributed by atoms with van der Waals surface area (Å²) in [6, 6.07) is 7.56. The second-order valence-corrected chi connectivity index (χ2v) is 10.7. The summed E-state index contributed by atoms with van der Waals surface area (Å²) >= 11 is 0. The van der Waals surface area contributed by atoms with Crippen LogP contribution in [0.2, 0.25) is 0 Å². The molecule has 2 saturated heterocycles. The zero-order valence-electron chi connectivity index (χ0n) is 22.2. The third kappa shape index (κ3) is 6.80. The molecule has 6 N–H and O–H groups in total. The number of carboxylic acid groups (broad SMARTS) is 1. The van der Waals surface area contributed by atoms with E-state index in [9.17, 15) is 24.3 Å². The van der Waals surface area contributed by atoms with E-state index in [-0.39, 0.29) is 31.5 Å². The number of carboxylic acids is 1. The van der Waals surface area contributed by atoms with Gasteiger partial charge in [-0.3, -0.25) is 19.6 Å². The van der Waals surface area contributed by atoms with Gasteiger partial charge in [-0.05, 0) is 63.5 Å². The van der Waals surface area contributed by atoms with Crippen molar-refractivity contribution in [3.8, 4) is 5.69 Å². The maximum Gasteiger partial charge on any atom is 0.354 e. The first kappa shape index (κ1) is 28.2. The number of benzene rings is 1. The van der Waals surface area contributed by atoms with Gasteiger partial charge in [-0.25, -0.2) is 14.4 Å². The van der Waals surface area contributed by atoms with Crippen molar-refractivity contribution in [2.24, 2.45) is 11.5 Å². The Balaban J connectivity index is 1.38. The Hall–Kier alpha value is -3.81. The predicted molar refractivity (Wildman–Crippen MR) is 144 cm³/mol. The molecular formula is C26H36N8O5. The number of nitrogens with zero attached hydrogens (tertiary/aromatic N) is 5. The van der Waals surface area contributed by atoms with Gasteiger partial charge in [0, 0.05) is 31.9 Å². The number of hydrogen-bond acceptors (Lipinski definition) is 8. The molecule has 0 spiro atoms. The Morgan fingerprint density at radius 3 is 2.33 bits per heavy atom. The van der Waals surface area contributed by atoms with Crippen molar-refractivity contribution in [2.45, 2.75) is 50.9 Å². The molecule has 1 aromatic carbocycles. The number of piperidine rings is 1. The summed E-state index contributed by atoms with van der Waals surface area (Å²) in [6.07, 6.45) is 3.50. The van der Waals surface area contributed by atoms with E-state index in [0.717, 1.165) is 38.0 Å². The Morgan fingerprint density at radius 2 is 1.74 bits per heavy atom. The largest absolute Gasteiger partial charge is 0.480 e. The molecule has 1 aromatic heterocycles. The molecule has 2 fully saturated rings. The van der Waals surface area contributed by atoms with Gasteiger partial charge >= 0.3 is 17.7 Å². The van der Waals surface area contributed by atoms with Crippen molar-refractivity contribution in [3.05, 3.63) is 52.6 Å². The van der Waals surface area contributed by atoms with Gasteiger partial charge in [-0.1, -0.05) is 12.1 Å². The number of rotatable bonds is 6. The average molecular weight is 541 g/mol. The van der Waals surface area contributed by atoms with Crippen molar-refractivity contribution in [1.82, 2.24) is 24.3 Å². The number of piperazine rings is 1. The van der Waals surface area contributed by atoms with Gasteiger partial charge < -0.3 is 26.4 Å². The van der Waals surface area contributed by atoms with Gasteiger partial charge in [0.1, 0.15) is 11.9 Å². The summed E-state index contributed by atoms with van der Waals surface area (Å²) in [6.45, 7) is 5.65. The minimum atomic E-state index is -1.24. The van der Waals surface area contributed by atoms with Crippen LogP contribution in [0.1, 0.15) is 32.3 Å². The van der Waals surface area contributed by atoms with Gasteiger partial charge in [0.25, 0.3) is 0 Å². The number of anilines is 1. The molecule has 39 heavy (non-hydrogen) atoms. The number of nitrogens with two attached hydrogens (primary N) is 2. The SMILES string of the molecule is CC(C)(N)C(=O)N1CCN(C(=O)Nc2ccn(-c3ccc(CN4CCC(N)CC4)cc3)c(=O)n2)CC1C(=O)O. The molecule has 1 unspecified atom stereocenters. The summed E-state index contributed by atoms with van der Waals surface area (Å²) in [5.41, 5.74) is 11.8. The van der Waals surface area contributed by atoms with Crippen LogP contribution in [0, 0.1) is 0 Å². The first-order chi connectivity index (χ1) is 18.4. The van der Waals surface area contributed by atoms with Gasteiger partial charge in [0.2, 0.25) is 5.91 Å². The van der Waals surface area contributed by atoms with E-state index in [1.54, 1.807) is 0 Å². The molecular weight excluding hydrogens is 504 g/mol. The molecule has 0 radical (unpaired) electrons. The lowest BCUT2D eigenvalue weighted by atomic mass is 10.0. The van der Waals surface area contributed by atoms with Gasteiger partial charge in [0.15, 0.2) is 0 Å². The highest BCUT2D eigenvalue weighted by atomic mass is 16.4. The van der Waals surface area contributed by atoms with Crippen LogP contribution in [0.5, 0.6) is 0 Å². The number of carbonyl (C=O) groups excluding carboxylic acids is 2. The first-order valence-electron chi connectivity index (χ1n) is 13.0. The summed E-state index contributed by atoms with van der Waals surface area (Å²) in [5, 5.41) is 12.2. The van der Waals surface area contributed by atoms with E-state index in [1.165, 1.54) is 40.5 Å². The zero-order chi connectivity index (χ0) is 28.3. The molecule has 210 valence electrons. The minimum absolute atomic E-state index is 0.0141. The number of nitrogens with one attached hydrogen (secondary N) is 1. The number of aliphatic carboxylic acids is 1. The van der Waals surface area contributed by atoms with Crippen LogP contribution < -0.4 is 22.5 Å². The van der Waals surface area contributed by atoms with Gasteiger partial charge in [-0.2, -0.15) is 4.98 Å². The second kappa shape index (κ2) is 11.5. The van der Waals surface area contributed by atoms with Gasteiger partial charge in [0.05, 0.1) is 17.8 Å². The van der Waals surface area contributed by atoms with Crippen molar-refractivity contribution in [2.75, 3.05) is 38.0 Å². The molecule has 0 aliphatic carbocycles. The first-order valence-corrected chi connectivity index (χ1v) is 13.0. The monoisotopic (exact) mass is 540 g/mol. The maximum atomic E-state index is 12.8. The van der Waals surface area contributed by atoms with Crippen molar-refractivity contribution in [3.63, 3.8) is 0 Å². The number of carbonyl (C=O) groups is 3.